The maximum atomic E-state index is 5.63. The lowest BCUT2D eigenvalue weighted by atomic mass is 10.1. The molecule has 112 valence electrons. The van der Waals surface area contributed by atoms with E-state index in [1.807, 2.05) is 12.4 Å². The highest BCUT2D eigenvalue weighted by molar-refractivity contribution is 5.37. The van der Waals surface area contributed by atoms with Crippen LogP contribution in [0.2, 0.25) is 0 Å². The van der Waals surface area contributed by atoms with Crippen molar-refractivity contribution in [3.63, 3.8) is 0 Å². The Kier molecular flexibility index (Phi) is 4.60. The minimum Gasteiger partial charge on any atom is -0.376 e. The molecule has 1 aliphatic rings. The summed E-state index contributed by atoms with van der Waals surface area (Å²) in [5, 5.41) is 3.44. The van der Waals surface area contributed by atoms with Gasteiger partial charge in [-0.25, -0.2) is 4.98 Å². The number of likely N-dealkylation sites (N-methyl/N-ethyl adjacent to an activating group) is 1. The first-order valence-electron chi connectivity index (χ1n) is 7.27. The molecule has 0 bridgehead atoms. The predicted molar refractivity (Wildman–Crippen MR) is 80.8 cm³/mol. The second-order valence-corrected chi connectivity index (χ2v) is 6.52. The number of aromatic nitrogens is 2. The zero-order chi connectivity index (χ0) is 14.8. The van der Waals surface area contributed by atoms with Gasteiger partial charge in [0.25, 0.3) is 0 Å². The molecule has 1 saturated heterocycles. The summed E-state index contributed by atoms with van der Waals surface area (Å²) in [4.78, 5) is 11.2. The lowest BCUT2D eigenvalue weighted by Crippen LogP contribution is -2.38. The van der Waals surface area contributed by atoms with Gasteiger partial charge in [-0.2, -0.15) is 0 Å². The number of anilines is 1. The van der Waals surface area contributed by atoms with Crippen LogP contribution in [-0.4, -0.2) is 41.3 Å². The van der Waals surface area contributed by atoms with E-state index in [9.17, 15) is 0 Å². The fraction of sp³-hybridized carbons (Fsp3) is 0.733. The van der Waals surface area contributed by atoms with Crippen molar-refractivity contribution in [3.05, 3.63) is 18.1 Å². The van der Waals surface area contributed by atoms with E-state index in [4.69, 9.17) is 9.72 Å². The SMILES string of the molecule is CC1OCCC1N(C)c1cncc(CNC(C)(C)C)n1. The third kappa shape index (κ3) is 3.90. The van der Waals surface area contributed by atoms with Gasteiger partial charge >= 0.3 is 0 Å². The van der Waals surface area contributed by atoms with E-state index >= 15 is 0 Å². The zero-order valence-corrected chi connectivity index (χ0v) is 13.2. The lowest BCUT2D eigenvalue weighted by Gasteiger charge is -2.28. The van der Waals surface area contributed by atoms with E-state index in [1.54, 1.807) is 0 Å². The largest absolute Gasteiger partial charge is 0.376 e. The predicted octanol–water partition coefficient (Wildman–Crippen LogP) is 1.98. The Morgan fingerprint density at radius 3 is 2.75 bits per heavy atom. The van der Waals surface area contributed by atoms with Crippen molar-refractivity contribution < 1.29 is 4.74 Å². The summed E-state index contributed by atoms with van der Waals surface area (Å²) in [6.45, 7) is 10.1. The number of nitrogens with zero attached hydrogens (tertiary/aromatic N) is 3. The molecular weight excluding hydrogens is 252 g/mol. The van der Waals surface area contributed by atoms with Crippen molar-refractivity contribution in [1.29, 1.82) is 0 Å². The van der Waals surface area contributed by atoms with Gasteiger partial charge < -0.3 is 15.0 Å². The molecule has 0 aromatic carbocycles. The van der Waals surface area contributed by atoms with Crippen LogP contribution in [0.1, 0.15) is 39.8 Å². The molecule has 2 heterocycles. The van der Waals surface area contributed by atoms with Crippen molar-refractivity contribution in [2.24, 2.45) is 0 Å². The van der Waals surface area contributed by atoms with Crippen LogP contribution < -0.4 is 10.2 Å². The van der Waals surface area contributed by atoms with Crippen LogP contribution in [0.5, 0.6) is 0 Å². The Bertz CT molecular complexity index is 444. The van der Waals surface area contributed by atoms with Crippen LogP contribution in [0.15, 0.2) is 12.4 Å². The van der Waals surface area contributed by atoms with Crippen LogP contribution in [-0.2, 0) is 11.3 Å². The summed E-state index contributed by atoms with van der Waals surface area (Å²) >= 11 is 0. The Hall–Kier alpha value is -1.20. The quantitative estimate of drug-likeness (QED) is 0.912. The smallest absolute Gasteiger partial charge is 0.147 e. The van der Waals surface area contributed by atoms with Crippen molar-refractivity contribution in [2.45, 2.75) is 58.3 Å². The molecule has 2 rings (SSSR count). The molecule has 5 nitrogen and oxygen atoms in total. The molecule has 1 aromatic rings. The lowest BCUT2D eigenvalue weighted by molar-refractivity contribution is 0.118. The van der Waals surface area contributed by atoms with E-state index in [2.05, 4.69) is 49.9 Å². The number of rotatable bonds is 4. The average Bonchev–Trinajstić information content (AvgIpc) is 2.81. The van der Waals surface area contributed by atoms with E-state index in [0.717, 1.165) is 31.1 Å². The molecule has 1 fully saturated rings. The summed E-state index contributed by atoms with van der Waals surface area (Å²) in [6.07, 6.45) is 4.94. The maximum Gasteiger partial charge on any atom is 0.147 e. The molecule has 1 aliphatic heterocycles. The summed E-state index contributed by atoms with van der Waals surface area (Å²) in [5.41, 5.74) is 1.05. The van der Waals surface area contributed by atoms with Gasteiger partial charge in [-0.3, -0.25) is 4.98 Å². The molecule has 0 saturated carbocycles. The molecule has 1 aromatic heterocycles. The molecule has 2 atom stereocenters. The highest BCUT2D eigenvalue weighted by atomic mass is 16.5. The highest BCUT2D eigenvalue weighted by Gasteiger charge is 2.28. The van der Waals surface area contributed by atoms with Crippen LogP contribution in [0.4, 0.5) is 5.82 Å². The van der Waals surface area contributed by atoms with Crippen molar-refractivity contribution in [1.82, 2.24) is 15.3 Å². The minimum absolute atomic E-state index is 0.0807. The molecule has 2 unspecified atom stereocenters. The molecule has 0 spiro atoms. The molecular formula is C15H26N4O. The first-order chi connectivity index (χ1) is 9.37. The number of ether oxygens (including phenoxy) is 1. The van der Waals surface area contributed by atoms with Gasteiger partial charge in [-0.05, 0) is 34.1 Å². The fourth-order valence-electron chi connectivity index (χ4n) is 2.40. The molecule has 0 amide bonds. The van der Waals surface area contributed by atoms with Crippen molar-refractivity contribution in [3.8, 4) is 0 Å². The normalized spacial score (nSPS) is 23.1. The van der Waals surface area contributed by atoms with Crippen LogP contribution in [0.3, 0.4) is 0 Å². The highest BCUT2D eigenvalue weighted by Crippen LogP contribution is 2.22. The van der Waals surface area contributed by atoms with Crippen molar-refractivity contribution in [2.75, 3.05) is 18.6 Å². The van der Waals surface area contributed by atoms with Gasteiger partial charge in [0.15, 0.2) is 0 Å². The molecule has 1 N–H and O–H groups in total. The second-order valence-electron chi connectivity index (χ2n) is 6.52. The summed E-state index contributed by atoms with van der Waals surface area (Å²) in [7, 11) is 2.07. The summed E-state index contributed by atoms with van der Waals surface area (Å²) in [5.74, 6) is 0.917. The zero-order valence-electron chi connectivity index (χ0n) is 13.2. The Labute approximate surface area is 121 Å². The maximum absolute atomic E-state index is 5.63. The third-order valence-corrected chi connectivity index (χ3v) is 3.67. The Morgan fingerprint density at radius 1 is 1.40 bits per heavy atom. The van der Waals surface area contributed by atoms with Crippen LogP contribution in [0.25, 0.3) is 0 Å². The minimum atomic E-state index is 0.0807. The number of nitrogens with one attached hydrogen (secondary N) is 1. The Balaban J connectivity index is 2.05. The van der Waals surface area contributed by atoms with Crippen molar-refractivity contribution >= 4 is 5.82 Å². The molecule has 0 aliphatic carbocycles. The third-order valence-electron chi connectivity index (χ3n) is 3.67. The molecule has 5 heteroatoms. The summed E-state index contributed by atoms with van der Waals surface area (Å²) < 4.78 is 5.63. The topological polar surface area (TPSA) is 50.3 Å². The van der Waals surface area contributed by atoms with Gasteiger partial charge in [0.05, 0.1) is 24.0 Å². The van der Waals surface area contributed by atoms with Gasteiger partial charge in [-0.1, -0.05) is 0 Å². The monoisotopic (exact) mass is 278 g/mol. The first kappa shape index (κ1) is 15.2. The van der Waals surface area contributed by atoms with Gasteiger partial charge in [-0.15, -0.1) is 0 Å². The van der Waals surface area contributed by atoms with Crippen LogP contribution >= 0.6 is 0 Å². The standard InChI is InChI=1S/C15H26N4O/c1-11-13(6-7-20-11)19(5)14-10-16-8-12(18-14)9-17-15(2,3)4/h8,10-11,13,17H,6-7,9H2,1-5H3. The van der Waals surface area contributed by atoms with E-state index < -0.39 is 0 Å². The first-order valence-corrected chi connectivity index (χ1v) is 7.27. The summed E-state index contributed by atoms with van der Waals surface area (Å²) in [6, 6.07) is 0.384. The fourth-order valence-corrected chi connectivity index (χ4v) is 2.40. The van der Waals surface area contributed by atoms with Gasteiger partial charge in [0, 0.05) is 31.9 Å². The second kappa shape index (κ2) is 6.06. The molecule has 0 radical (unpaired) electrons. The Morgan fingerprint density at radius 2 is 2.15 bits per heavy atom. The van der Waals surface area contributed by atoms with E-state index in [-0.39, 0.29) is 11.6 Å². The number of hydrogen-bond acceptors (Lipinski definition) is 5. The van der Waals surface area contributed by atoms with Crippen LogP contribution in [0, 0.1) is 0 Å². The average molecular weight is 278 g/mol. The molecule has 20 heavy (non-hydrogen) atoms. The van der Waals surface area contributed by atoms with Gasteiger partial charge in [0.1, 0.15) is 5.82 Å². The van der Waals surface area contributed by atoms with E-state index in [0.29, 0.717) is 6.04 Å². The van der Waals surface area contributed by atoms with Gasteiger partial charge in [0.2, 0.25) is 0 Å². The van der Waals surface area contributed by atoms with E-state index in [1.165, 1.54) is 0 Å². The number of hydrogen-bond donors (Lipinski definition) is 1.